The lowest BCUT2D eigenvalue weighted by atomic mass is 9.94. The Hall–Kier alpha value is -4.28. The van der Waals surface area contributed by atoms with Crippen molar-refractivity contribution in [2.24, 2.45) is 0 Å². The van der Waals surface area contributed by atoms with Crippen LogP contribution >= 0.6 is 11.6 Å². The van der Waals surface area contributed by atoms with Crippen LogP contribution in [0.3, 0.4) is 0 Å². The maximum absolute atomic E-state index is 13.4. The molecule has 3 aromatic carbocycles. The van der Waals surface area contributed by atoms with Gasteiger partial charge in [0.15, 0.2) is 0 Å². The summed E-state index contributed by atoms with van der Waals surface area (Å²) in [4.78, 5) is 28.1. The smallest absolute Gasteiger partial charge is 0.300 e. The van der Waals surface area contributed by atoms with E-state index in [0.29, 0.717) is 22.6 Å². The minimum Gasteiger partial charge on any atom is -0.507 e. The van der Waals surface area contributed by atoms with Crippen molar-refractivity contribution in [2.45, 2.75) is 32.9 Å². The van der Waals surface area contributed by atoms with Crippen molar-refractivity contribution in [3.05, 3.63) is 93.5 Å². The first kappa shape index (κ1) is 25.8. The van der Waals surface area contributed by atoms with E-state index in [1.54, 1.807) is 67.6 Å². The zero-order chi connectivity index (χ0) is 26.9. The second kappa shape index (κ2) is 10.4. The fraction of sp³-hybridized carbons (Fsp3) is 0.207. The number of aryl methyl sites for hydroxylation is 1. The third-order valence-electron chi connectivity index (χ3n) is 5.93. The maximum Gasteiger partial charge on any atom is 0.300 e. The highest BCUT2D eigenvalue weighted by Gasteiger charge is 2.47. The average molecular weight is 517 g/mol. The predicted molar refractivity (Wildman–Crippen MR) is 141 cm³/mol. The number of hydrogen-bond donors (Lipinski definition) is 1. The van der Waals surface area contributed by atoms with Crippen molar-refractivity contribution in [3.8, 4) is 17.6 Å². The number of aliphatic hydroxyl groups is 1. The molecule has 0 saturated carbocycles. The molecule has 8 heteroatoms. The molecule has 1 saturated heterocycles. The van der Waals surface area contributed by atoms with Crippen molar-refractivity contribution in [2.75, 3.05) is 12.0 Å². The van der Waals surface area contributed by atoms with Gasteiger partial charge < -0.3 is 14.6 Å². The second-order valence-electron chi connectivity index (χ2n) is 8.89. The van der Waals surface area contributed by atoms with Crippen molar-refractivity contribution in [1.82, 2.24) is 0 Å². The number of carbonyl (C=O) groups excluding carboxylic acids is 2. The Morgan fingerprint density at radius 2 is 1.73 bits per heavy atom. The Balaban J connectivity index is 1.95. The number of nitrogens with zero attached hydrogens (tertiary/aromatic N) is 2. The molecule has 1 aliphatic rings. The van der Waals surface area contributed by atoms with Crippen molar-refractivity contribution < 1.29 is 24.2 Å². The molecule has 1 heterocycles. The highest BCUT2D eigenvalue weighted by molar-refractivity contribution is 6.51. The molecule has 0 spiro atoms. The van der Waals surface area contributed by atoms with Gasteiger partial charge in [0.1, 0.15) is 17.3 Å². The van der Waals surface area contributed by atoms with Crippen LogP contribution in [-0.4, -0.2) is 30.0 Å². The number of aliphatic hydroxyl groups excluding tert-OH is 1. The molecule has 0 aromatic heterocycles. The second-order valence-corrected chi connectivity index (χ2v) is 9.30. The van der Waals surface area contributed by atoms with E-state index in [2.05, 4.69) is 0 Å². The summed E-state index contributed by atoms with van der Waals surface area (Å²) in [7, 11) is 1.41. The average Bonchev–Trinajstić information content (AvgIpc) is 3.13. The van der Waals surface area contributed by atoms with E-state index in [-0.39, 0.29) is 28.0 Å². The van der Waals surface area contributed by atoms with Gasteiger partial charge in [-0.2, -0.15) is 5.26 Å². The molecule has 1 aliphatic heterocycles. The summed E-state index contributed by atoms with van der Waals surface area (Å²) in [5.41, 5.74) is 2.23. The minimum absolute atomic E-state index is 0.0336. The van der Waals surface area contributed by atoms with Gasteiger partial charge in [0, 0.05) is 5.69 Å². The zero-order valence-electron chi connectivity index (χ0n) is 20.8. The third-order valence-corrected chi connectivity index (χ3v) is 6.21. The highest BCUT2D eigenvalue weighted by atomic mass is 35.5. The normalized spacial score (nSPS) is 16.7. The number of ketones is 1. The number of ether oxygens (including phenoxy) is 2. The molecule has 1 unspecified atom stereocenters. The van der Waals surface area contributed by atoms with Crippen LogP contribution in [0.4, 0.5) is 5.69 Å². The minimum atomic E-state index is -0.954. The SMILES string of the molecule is COc1c(Cl)cc(C)cc1/C(O)=C1\C(=O)C(=O)N(c2ccc(C#N)cc2)C1c1ccc(OC(C)C)cc1. The number of amides is 1. The molecule has 0 radical (unpaired) electrons. The molecule has 0 bridgehead atoms. The van der Waals surface area contributed by atoms with Crippen molar-refractivity contribution >= 4 is 34.7 Å². The molecule has 1 N–H and O–H groups in total. The van der Waals surface area contributed by atoms with Gasteiger partial charge in [-0.15, -0.1) is 0 Å². The van der Waals surface area contributed by atoms with Gasteiger partial charge in [0.05, 0.1) is 47.0 Å². The standard InChI is InChI=1S/C29H25ClN2O5/c1-16(2)37-21-11-7-19(8-12-21)25-24(26(33)22-13-17(3)14-23(30)28(22)36-4)27(34)29(35)32(25)20-9-5-18(15-31)6-10-20/h5-14,16,25,33H,1-4H3/b26-24+. The van der Waals surface area contributed by atoms with E-state index < -0.39 is 23.5 Å². The number of halogens is 1. The van der Waals surface area contributed by atoms with E-state index in [4.69, 9.17) is 21.1 Å². The van der Waals surface area contributed by atoms with E-state index in [0.717, 1.165) is 5.56 Å². The van der Waals surface area contributed by atoms with Gasteiger partial charge in [-0.05, 0) is 80.4 Å². The summed E-state index contributed by atoms with van der Waals surface area (Å²) in [5.74, 6) is -1.25. The summed E-state index contributed by atoms with van der Waals surface area (Å²) in [6.07, 6.45) is -0.0336. The summed E-state index contributed by atoms with van der Waals surface area (Å²) in [6.45, 7) is 5.62. The zero-order valence-corrected chi connectivity index (χ0v) is 21.5. The van der Waals surface area contributed by atoms with Crippen LogP contribution < -0.4 is 14.4 Å². The van der Waals surface area contributed by atoms with Crippen molar-refractivity contribution in [1.29, 1.82) is 5.26 Å². The number of hydrogen-bond acceptors (Lipinski definition) is 6. The van der Waals surface area contributed by atoms with Crippen molar-refractivity contribution in [3.63, 3.8) is 0 Å². The molecular weight excluding hydrogens is 492 g/mol. The fourth-order valence-electron chi connectivity index (χ4n) is 4.37. The van der Waals surface area contributed by atoms with Crippen LogP contribution in [0.25, 0.3) is 5.76 Å². The van der Waals surface area contributed by atoms with Gasteiger partial charge in [-0.1, -0.05) is 23.7 Å². The number of Topliss-reactive ketones (excluding diaryl/α,β-unsaturated/α-hetero) is 1. The van der Waals surface area contributed by atoms with Gasteiger partial charge in [0.2, 0.25) is 0 Å². The lowest BCUT2D eigenvalue weighted by molar-refractivity contribution is -0.132. The Labute approximate surface area is 220 Å². The first-order valence-corrected chi connectivity index (χ1v) is 12.0. The summed E-state index contributed by atoms with van der Waals surface area (Å²) in [5, 5.41) is 20.9. The molecule has 7 nitrogen and oxygen atoms in total. The van der Waals surface area contributed by atoms with Crippen LogP contribution in [-0.2, 0) is 9.59 Å². The molecule has 0 aliphatic carbocycles. The molecule has 1 atom stereocenters. The van der Waals surface area contributed by atoms with Gasteiger partial charge in [0.25, 0.3) is 11.7 Å². The lowest BCUT2D eigenvalue weighted by Crippen LogP contribution is -2.29. The largest absolute Gasteiger partial charge is 0.507 e. The molecule has 1 amide bonds. The van der Waals surface area contributed by atoms with Crippen LogP contribution in [0.15, 0.2) is 66.2 Å². The van der Waals surface area contributed by atoms with Gasteiger partial charge >= 0.3 is 0 Å². The number of rotatable bonds is 6. The van der Waals surface area contributed by atoms with E-state index in [1.165, 1.54) is 12.0 Å². The Bertz CT molecular complexity index is 1440. The molecular formula is C29H25ClN2O5. The topological polar surface area (TPSA) is 99.9 Å². The molecule has 1 fully saturated rings. The first-order chi connectivity index (χ1) is 17.7. The van der Waals surface area contributed by atoms with Crippen LogP contribution in [0.1, 0.15) is 42.1 Å². The first-order valence-electron chi connectivity index (χ1n) is 11.6. The summed E-state index contributed by atoms with van der Waals surface area (Å²) >= 11 is 6.35. The number of carbonyl (C=O) groups is 2. The van der Waals surface area contributed by atoms with Crippen LogP contribution in [0.2, 0.25) is 5.02 Å². The lowest BCUT2D eigenvalue weighted by Gasteiger charge is -2.26. The summed E-state index contributed by atoms with van der Waals surface area (Å²) in [6, 6.07) is 17.7. The number of anilines is 1. The molecule has 4 rings (SSSR count). The fourth-order valence-corrected chi connectivity index (χ4v) is 4.72. The number of nitriles is 1. The predicted octanol–water partition coefficient (Wildman–Crippen LogP) is 5.94. The van der Waals surface area contributed by atoms with Gasteiger partial charge in [-0.3, -0.25) is 14.5 Å². The third kappa shape index (κ3) is 4.89. The Kier molecular flexibility index (Phi) is 7.23. The molecule has 37 heavy (non-hydrogen) atoms. The highest BCUT2D eigenvalue weighted by Crippen LogP contribution is 2.44. The van der Waals surface area contributed by atoms with Gasteiger partial charge in [-0.25, -0.2) is 0 Å². The maximum atomic E-state index is 13.4. The quantitative estimate of drug-likeness (QED) is 0.247. The van der Waals surface area contributed by atoms with E-state index >= 15 is 0 Å². The van der Waals surface area contributed by atoms with E-state index in [1.807, 2.05) is 19.9 Å². The van der Waals surface area contributed by atoms with Crippen LogP contribution in [0, 0.1) is 18.3 Å². The number of methoxy groups -OCH3 is 1. The Morgan fingerprint density at radius 1 is 1.08 bits per heavy atom. The monoisotopic (exact) mass is 516 g/mol. The van der Waals surface area contributed by atoms with E-state index in [9.17, 15) is 20.0 Å². The Morgan fingerprint density at radius 3 is 2.30 bits per heavy atom. The van der Waals surface area contributed by atoms with Crippen LogP contribution in [0.5, 0.6) is 11.5 Å². The number of benzene rings is 3. The molecule has 188 valence electrons. The molecule has 3 aromatic rings. The summed E-state index contributed by atoms with van der Waals surface area (Å²) < 4.78 is 11.2.